The third kappa shape index (κ3) is 1.84. The molecule has 1 aromatic carbocycles. The lowest BCUT2D eigenvalue weighted by atomic mass is 10.2. The van der Waals surface area contributed by atoms with E-state index in [2.05, 4.69) is 0 Å². The summed E-state index contributed by atoms with van der Waals surface area (Å²) in [5, 5.41) is 0. The molecule has 0 saturated carbocycles. The molecule has 13 heavy (non-hydrogen) atoms. The minimum atomic E-state index is 0. The second kappa shape index (κ2) is 4.30. The van der Waals surface area contributed by atoms with Crippen LogP contribution in [0.3, 0.4) is 0 Å². The first-order valence-electron chi connectivity index (χ1n) is 3.22. The molecular formula is C7H10Cl2N2O2. The molecule has 4 nitrogen and oxygen atoms in total. The van der Waals surface area contributed by atoms with Gasteiger partial charge in [-0.1, -0.05) is 0 Å². The minimum Gasteiger partial charge on any atom is -0.454 e. The fourth-order valence-electron chi connectivity index (χ4n) is 1.01. The van der Waals surface area contributed by atoms with Gasteiger partial charge in [0.25, 0.3) is 0 Å². The molecule has 1 aliphatic rings. The van der Waals surface area contributed by atoms with Crippen molar-refractivity contribution in [2.45, 2.75) is 0 Å². The van der Waals surface area contributed by atoms with E-state index in [0.29, 0.717) is 22.9 Å². The number of benzene rings is 1. The lowest BCUT2D eigenvalue weighted by Crippen LogP contribution is -1.96. The van der Waals surface area contributed by atoms with E-state index < -0.39 is 0 Å². The van der Waals surface area contributed by atoms with Crippen LogP contribution in [0.5, 0.6) is 11.5 Å². The lowest BCUT2D eigenvalue weighted by molar-refractivity contribution is 0.174. The van der Waals surface area contributed by atoms with Crippen molar-refractivity contribution < 1.29 is 9.47 Å². The number of halogens is 2. The van der Waals surface area contributed by atoms with Crippen molar-refractivity contribution in [1.29, 1.82) is 0 Å². The number of hydrogen-bond acceptors (Lipinski definition) is 4. The smallest absolute Gasteiger partial charge is 0.231 e. The zero-order valence-electron chi connectivity index (χ0n) is 6.65. The quantitative estimate of drug-likeness (QED) is 0.655. The van der Waals surface area contributed by atoms with Gasteiger partial charge in [-0.25, -0.2) is 0 Å². The van der Waals surface area contributed by atoms with Crippen LogP contribution in [0.2, 0.25) is 0 Å². The highest BCUT2D eigenvalue weighted by Crippen LogP contribution is 2.40. The first-order valence-corrected chi connectivity index (χ1v) is 3.22. The predicted octanol–water partition coefficient (Wildman–Crippen LogP) is 1.42. The monoisotopic (exact) mass is 224 g/mol. The minimum absolute atomic E-state index is 0. The maximum Gasteiger partial charge on any atom is 0.231 e. The van der Waals surface area contributed by atoms with E-state index in [1.807, 2.05) is 0 Å². The third-order valence-electron chi connectivity index (χ3n) is 1.61. The average molecular weight is 225 g/mol. The molecule has 0 aliphatic carbocycles. The van der Waals surface area contributed by atoms with Crippen LogP contribution in [0.15, 0.2) is 12.1 Å². The molecule has 1 heterocycles. The van der Waals surface area contributed by atoms with Crippen molar-refractivity contribution in [3.63, 3.8) is 0 Å². The second-order valence-electron chi connectivity index (χ2n) is 2.30. The largest absolute Gasteiger partial charge is 0.454 e. The van der Waals surface area contributed by atoms with Crippen LogP contribution in [0, 0.1) is 0 Å². The van der Waals surface area contributed by atoms with Crippen LogP contribution in [0.1, 0.15) is 0 Å². The Morgan fingerprint density at radius 1 is 1.08 bits per heavy atom. The van der Waals surface area contributed by atoms with Crippen molar-refractivity contribution in [3.8, 4) is 11.5 Å². The summed E-state index contributed by atoms with van der Waals surface area (Å²) in [5.74, 6) is 1.22. The van der Waals surface area contributed by atoms with Crippen molar-refractivity contribution in [3.05, 3.63) is 12.1 Å². The Morgan fingerprint density at radius 2 is 1.77 bits per heavy atom. The molecule has 0 atom stereocenters. The molecule has 4 N–H and O–H groups in total. The van der Waals surface area contributed by atoms with Gasteiger partial charge in [-0.15, -0.1) is 24.8 Å². The summed E-state index contributed by atoms with van der Waals surface area (Å²) >= 11 is 0. The number of anilines is 2. The van der Waals surface area contributed by atoms with Crippen LogP contribution < -0.4 is 20.9 Å². The summed E-state index contributed by atoms with van der Waals surface area (Å²) < 4.78 is 10.2. The number of fused-ring (bicyclic) bond motifs is 1. The van der Waals surface area contributed by atoms with Gasteiger partial charge in [-0.05, 0) is 12.1 Å². The van der Waals surface area contributed by atoms with Gasteiger partial charge in [0, 0.05) is 0 Å². The van der Waals surface area contributed by atoms with Crippen LogP contribution in [0.25, 0.3) is 0 Å². The molecule has 0 fully saturated rings. The van der Waals surface area contributed by atoms with E-state index in [1.54, 1.807) is 12.1 Å². The molecule has 0 radical (unpaired) electrons. The van der Waals surface area contributed by atoms with E-state index in [0.717, 1.165) is 0 Å². The van der Waals surface area contributed by atoms with E-state index in [1.165, 1.54) is 0 Å². The van der Waals surface area contributed by atoms with Crippen LogP contribution in [-0.2, 0) is 0 Å². The van der Waals surface area contributed by atoms with Gasteiger partial charge < -0.3 is 20.9 Å². The molecule has 1 aliphatic heterocycles. The Labute approximate surface area is 88.0 Å². The Balaban J connectivity index is 0.000000720. The summed E-state index contributed by atoms with van der Waals surface area (Å²) in [6, 6.07) is 3.44. The Kier molecular flexibility index (Phi) is 3.97. The second-order valence-corrected chi connectivity index (χ2v) is 2.30. The van der Waals surface area contributed by atoms with Crippen molar-refractivity contribution in [2.75, 3.05) is 18.3 Å². The maximum absolute atomic E-state index is 5.60. The van der Waals surface area contributed by atoms with E-state index in [9.17, 15) is 0 Å². The SMILES string of the molecule is Cl.Cl.Nc1ccc2c(c1N)OCO2. The van der Waals surface area contributed by atoms with Crippen molar-refractivity contribution in [1.82, 2.24) is 0 Å². The molecule has 2 rings (SSSR count). The molecule has 6 heteroatoms. The van der Waals surface area contributed by atoms with E-state index in [-0.39, 0.29) is 31.6 Å². The van der Waals surface area contributed by atoms with Crippen LogP contribution in [0.4, 0.5) is 11.4 Å². The van der Waals surface area contributed by atoms with Gasteiger partial charge in [-0.2, -0.15) is 0 Å². The summed E-state index contributed by atoms with van der Waals surface area (Å²) in [4.78, 5) is 0. The van der Waals surface area contributed by atoms with Crippen LogP contribution >= 0.6 is 24.8 Å². The molecule has 0 spiro atoms. The molecule has 0 unspecified atom stereocenters. The third-order valence-corrected chi connectivity index (χ3v) is 1.61. The number of hydrogen-bond donors (Lipinski definition) is 2. The summed E-state index contributed by atoms with van der Waals surface area (Å²) in [7, 11) is 0. The molecule has 74 valence electrons. The average Bonchev–Trinajstić information content (AvgIpc) is 2.45. The summed E-state index contributed by atoms with van der Waals surface area (Å²) in [5.41, 5.74) is 12.1. The fourth-order valence-corrected chi connectivity index (χ4v) is 1.01. The molecule has 0 bridgehead atoms. The van der Waals surface area contributed by atoms with Gasteiger partial charge in [0.2, 0.25) is 6.79 Å². The van der Waals surface area contributed by atoms with E-state index in [4.69, 9.17) is 20.9 Å². The van der Waals surface area contributed by atoms with Crippen molar-refractivity contribution >= 4 is 36.2 Å². The lowest BCUT2D eigenvalue weighted by Gasteiger charge is -2.02. The zero-order chi connectivity index (χ0) is 7.84. The fraction of sp³-hybridized carbons (Fsp3) is 0.143. The van der Waals surface area contributed by atoms with Gasteiger partial charge in [-0.3, -0.25) is 0 Å². The molecule has 0 saturated heterocycles. The first kappa shape index (κ1) is 12.0. The molecule has 1 aromatic rings. The maximum atomic E-state index is 5.60. The predicted molar refractivity (Wildman–Crippen MR) is 55.9 cm³/mol. The standard InChI is InChI=1S/C7H8N2O2.2ClH/c8-4-1-2-5-7(6(4)9)11-3-10-5;;/h1-2H,3,8-9H2;2*1H. The normalized spacial score (nSPS) is 11.4. The number of nitrogens with two attached hydrogens (primary N) is 2. The molecule has 0 aromatic heterocycles. The highest BCUT2D eigenvalue weighted by atomic mass is 35.5. The Hall–Kier alpha value is -1.00. The Bertz CT molecular complexity index is 307. The number of ether oxygens (including phenoxy) is 2. The number of rotatable bonds is 0. The highest BCUT2D eigenvalue weighted by Gasteiger charge is 2.17. The first-order chi connectivity index (χ1) is 5.29. The zero-order valence-corrected chi connectivity index (χ0v) is 8.28. The molecular weight excluding hydrogens is 215 g/mol. The summed E-state index contributed by atoms with van der Waals surface area (Å²) in [6.07, 6.45) is 0. The van der Waals surface area contributed by atoms with E-state index >= 15 is 0 Å². The van der Waals surface area contributed by atoms with Crippen LogP contribution in [-0.4, -0.2) is 6.79 Å². The Morgan fingerprint density at radius 3 is 2.46 bits per heavy atom. The van der Waals surface area contributed by atoms with Crippen molar-refractivity contribution in [2.24, 2.45) is 0 Å². The topological polar surface area (TPSA) is 70.5 Å². The summed E-state index contributed by atoms with van der Waals surface area (Å²) in [6.45, 7) is 0.225. The van der Waals surface area contributed by atoms with Gasteiger partial charge in [0.05, 0.1) is 5.69 Å². The highest BCUT2D eigenvalue weighted by molar-refractivity contribution is 5.85. The van der Waals surface area contributed by atoms with Gasteiger partial charge >= 0.3 is 0 Å². The van der Waals surface area contributed by atoms with Gasteiger partial charge in [0.15, 0.2) is 11.5 Å². The van der Waals surface area contributed by atoms with Gasteiger partial charge in [0.1, 0.15) is 5.69 Å². The number of nitrogen functional groups attached to an aromatic ring is 2. The molecule has 0 amide bonds.